The summed E-state index contributed by atoms with van der Waals surface area (Å²) < 4.78 is 0. The molecule has 0 aliphatic heterocycles. The lowest BCUT2D eigenvalue weighted by Gasteiger charge is -2.12. The number of benzene rings is 1. The number of hydrogen-bond acceptors (Lipinski definition) is 3. The molecule has 3 heteroatoms. The molecule has 2 aromatic rings. The van der Waals surface area contributed by atoms with E-state index in [2.05, 4.69) is 46.4 Å². The van der Waals surface area contributed by atoms with Crippen molar-refractivity contribution in [2.75, 3.05) is 6.54 Å². The van der Waals surface area contributed by atoms with Crippen molar-refractivity contribution < 1.29 is 0 Å². The molecule has 0 aliphatic carbocycles. The molecule has 1 atom stereocenters. The van der Waals surface area contributed by atoms with Gasteiger partial charge in [-0.15, -0.1) is 0 Å². The number of hydrogen-bond donors (Lipinski definition) is 2. The second-order valence-electron chi connectivity index (χ2n) is 4.21. The third-order valence-electron chi connectivity index (χ3n) is 2.66. The van der Waals surface area contributed by atoms with E-state index >= 15 is 0 Å². The van der Waals surface area contributed by atoms with E-state index in [1.54, 1.807) is 11.3 Å². The van der Waals surface area contributed by atoms with Crippen molar-refractivity contribution in [1.29, 1.82) is 0 Å². The average molecular weight is 246 g/mol. The summed E-state index contributed by atoms with van der Waals surface area (Å²) in [5.41, 5.74) is 8.72. The molecule has 0 saturated heterocycles. The first-order valence-electron chi connectivity index (χ1n) is 5.86. The molecule has 0 bridgehead atoms. The highest BCUT2D eigenvalue weighted by molar-refractivity contribution is 7.07. The Balaban J connectivity index is 1.69. The number of thiophene rings is 1. The van der Waals surface area contributed by atoms with Crippen molar-refractivity contribution in [3.63, 3.8) is 0 Å². The molecule has 1 unspecified atom stereocenters. The maximum Gasteiger partial charge on any atom is 0.0214 e. The largest absolute Gasteiger partial charge is 0.326 e. The normalized spacial score (nSPS) is 12.5. The molecule has 0 amide bonds. The highest BCUT2D eigenvalue weighted by Crippen LogP contribution is 2.05. The fourth-order valence-corrected chi connectivity index (χ4v) is 2.45. The first kappa shape index (κ1) is 12.3. The topological polar surface area (TPSA) is 38.0 Å². The van der Waals surface area contributed by atoms with Crippen molar-refractivity contribution >= 4 is 11.3 Å². The maximum absolute atomic E-state index is 6.09. The van der Waals surface area contributed by atoms with Crippen LogP contribution in [0.4, 0.5) is 0 Å². The first-order chi connectivity index (χ1) is 8.34. The molecule has 90 valence electrons. The number of nitrogens with one attached hydrogen (secondary N) is 1. The van der Waals surface area contributed by atoms with Crippen LogP contribution >= 0.6 is 11.3 Å². The third-order valence-corrected chi connectivity index (χ3v) is 3.39. The minimum atomic E-state index is 0.177. The Bertz CT molecular complexity index is 411. The molecule has 0 radical (unpaired) electrons. The van der Waals surface area contributed by atoms with Crippen LogP contribution in [0.5, 0.6) is 0 Å². The van der Waals surface area contributed by atoms with Gasteiger partial charge in [-0.05, 0) is 34.4 Å². The summed E-state index contributed by atoms with van der Waals surface area (Å²) in [4.78, 5) is 0. The minimum Gasteiger partial charge on any atom is -0.326 e. The molecule has 0 saturated carbocycles. The lowest BCUT2D eigenvalue weighted by molar-refractivity contribution is 0.574. The fourth-order valence-electron chi connectivity index (χ4n) is 1.78. The molecule has 2 rings (SSSR count). The smallest absolute Gasteiger partial charge is 0.0214 e. The van der Waals surface area contributed by atoms with Crippen LogP contribution in [0.1, 0.15) is 11.1 Å². The summed E-state index contributed by atoms with van der Waals surface area (Å²) in [6.45, 7) is 1.76. The number of nitrogens with two attached hydrogens (primary N) is 1. The third kappa shape index (κ3) is 4.30. The van der Waals surface area contributed by atoms with Crippen LogP contribution < -0.4 is 11.1 Å². The molecule has 1 aromatic carbocycles. The zero-order chi connectivity index (χ0) is 11.9. The van der Waals surface area contributed by atoms with Gasteiger partial charge < -0.3 is 11.1 Å². The van der Waals surface area contributed by atoms with E-state index < -0.39 is 0 Å². The Morgan fingerprint density at radius 3 is 2.65 bits per heavy atom. The van der Waals surface area contributed by atoms with Gasteiger partial charge in [-0.1, -0.05) is 30.3 Å². The van der Waals surface area contributed by atoms with E-state index in [0.717, 1.165) is 19.5 Å². The molecule has 2 nitrogen and oxygen atoms in total. The van der Waals surface area contributed by atoms with E-state index in [-0.39, 0.29) is 6.04 Å². The molecular formula is C14H18N2S. The van der Waals surface area contributed by atoms with Gasteiger partial charge in [-0.2, -0.15) is 11.3 Å². The first-order valence-corrected chi connectivity index (χ1v) is 6.80. The standard InChI is InChI=1S/C14H18N2S/c15-14(8-12-4-2-1-3-5-12)10-16-9-13-6-7-17-11-13/h1-7,11,14,16H,8-10,15H2. The van der Waals surface area contributed by atoms with E-state index in [1.165, 1.54) is 11.1 Å². The summed E-state index contributed by atoms with van der Waals surface area (Å²) >= 11 is 1.73. The monoisotopic (exact) mass is 246 g/mol. The molecule has 3 N–H and O–H groups in total. The molecule has 1 heterocycles. The zero-order valence-electron chi connectivity index (χ0n) is 9.80. The van der Waals surface area contributed by atoms with Crippen molar-refractivity contribution in [3.05, 3.63) is 58.3 Å². The Labute approximate surface area is 106 Å². The van der Waals surface area contributed by atoms with Crippen LogP contribution in [0.25, 0.3) is 0 Å². The van der Waals surface area contributed by atoms with E-state index in [4.69, 9.17) is 5.73 Å². The van der Waals surface area contributed by atoms with Crippen molar-refractivity contribution in [1.82, 2.24) is 5.32 Å². The molecule has 0 spiro atoms. The Morgan fingerprint density at radius 1 is 1.12 bits per heavy atom. The van der Waals surface area contributed by atoms with Crippen LogP contribution in [0, 0.1) is 0 Å². The van der Waals surface area contributed by atoms with E-state index in [0.29, 0.717) is 0 Å². The van der Waals surface area contributed by atoms with Crippen LogP contribution in [0.15, 0.2) is 47.2 Å². The minimum absolute atomic E-state index is 0.177. The second kappa shape index (κ2) is 6.55. The van der Waals surface area contributed by atoms with Gasteiger partial charge in [0, 0.05) is 19.1 Å². The van der Waals surface area contributed by atoms with Crippen LogP contribution in [-0.2, 0) is 13.0 Å². The Kier molecular flexibility index (Phi) is 4.74. The highest BCUT2D eigenvalue weighted by Gasteiger charge is 2.03. The number of rotatable bonds is 6. The quantitative estimate of drug-likeness (QED) is 0.821. The molecule has 1 aromatic heterocycles. The van der Waals surface area contributed by atoms with Crippen molar-refractivity contribution in [2.45, 2.75) is 19.0 Å². The van der Waals surface area contributed by atoms with Crippen LogP contribution in [-0.4, -0.2) is 12.6 Å². The Hall–Kier alpha value is -1.16. The molecule has 0 fully saturated rings. The summed E-state index contributed by atoms with van der Waals surface area (Å²) in [6, 6.07) is 12.7. The molecule has 0 aliphatic rings. The lowest BCUT2D eigenvalue weighted by Crippen LogP contribution is -2.35. The summed E-state index contributed by atoms with van der Waals surface area (Å²) in [5.74, 6) is 0. The van der Waals surface area contributed by atoms with Crippen LogP contribution in [0.3, 0.4) is 0 Å². The Morgan fingerprint density at radius 2 is 1.94 bits per heavy atom. The van der Waals surface area contributed by atoms with Crippen molar-refractivity contribution in [3.8, 4) is 0 Å². The lowest BCUT2D eigenvalue weighted by atomic mass is 10.1. The second-order valence-corrected chi connectivity index (χ2v) is 4.99. The van der Waals surface area contributed by atoms with E-state index in [1.807, 2.05) is 6.07 Å². The predicted octanol–water partition coefficient (Wildman–Crippen LogP) is 2.41. The highest BCUT2D eigenvalue weighted by atomic mass is 32.1. The average Bonchev–Trinajstić information content (AvgIpc) is 2.83. The van der Waals surface area contributed by atoms with Gasteiger partial charge in [0.1, 0.15) is 0 Å². The zero-order valence-corrected chi connectivity index (χ0v) is 10.6. The predicted molar refractivity (Wildman–Crippen MR) is 74.1 cm³/mol. The van der Waals surface area contributed by atoms with Gasteiger partial charge in [0.2, 0.25) is 0 Å². The fraction of sp³-hybridized carbons (Fsp3) is 0.286. The maximum atomic E-state index is 6.09. The van der Waals surface area contributed by atoms with Gasteiger partial charge >= 0.3 is 0 Å². The van der Waals surface area contributed by atoms with Gasteiger partial charge in [0.15, 0.2) is 0 Å². The van der Waals surface area contributed by atoms with Crippen molar-refractivity contribution in [2.24, 2.45) is 5.73 Å². The van der Waals surface area contributed by atoms with Gasteiger partial charge in [-0.3, -0.25) is 0 Å². The SMILES string of the molecule is NC(CNCc1ccsc1)Cc1ccccc1. The van der Waals surface area contributed by atoms with E-state index in [9.17, 15) is 0 Å². The summed E-state index contributed by atoms with van der Waals surface area (Å²) in [6.07, 6.45) is 0.928. The van der Waals surface area contributed by atoms with Gasteiger partial charge in [0.05, 0.1) is 0 Å². The molecular weight excluding hydrogens is 228 g/mol. The summed E-state index contributed by atoms with van der Waals surface area (Å²) in [7, 11) is 0. The summed E-state index contributed by atoms with van der Waals surface area (Å²) in [5, 5.41) is 7.65. The van der Waals surface area contributed by atoms with Gasteiger partial charge in [0.25, 0.3) is 0 Å². The molecule has 17 heavy (non-hydrogen) atoms. The van der Waals surface area contributed by atoms with Crippen LogP contribution in [0.2, 0.25) is 0 Å². The van der Waals surface area contributed by atoms with Gasteiger partial charge in [-0.25, -0.2) is 0 Å².